The van der Waals surface area contributed by atoms with E-state index >= 15 is 0 Å². The lowest BCUT2D eigenvalue weighted by Crippen LogP contribution is -1.87. The van der Waals surface area contributed by atoms with Gasteiger partial charge in [0.25, 0.3) is 9.05 Å². The maximum Gasteiger partial charge on any atom is 0.261 e. The Morgan fingerprint density at radius 1 is 1.20 bits per heavy atom. The highest BCUT2D eigenvalue weighted by molar-refractivity contribution is 8.13. The highest BCUT2D eigenvalue weighted by Gasteiger charge is 2.06. The van der Waals surface area contributed by atoms with E-state index in [1.54, 1.807) is 18.2 Å². The highest BCUT2D eigenvalue weighted by atomic mass is 35.7. The predicted molar refractivity (Wildman–Crippen MR) is 53.7 cm³/mol. The van der Waals surface area contributed by atoms with Gasteiger partial charge in [-0.3, -0.25) is 0 Å². The molecule has 0 aliphatic heterocycles. The smallest absolute Gasteiger partial charge is 0.207 e. The van der Waals surface area contributed by atoms with E-state index in [1.165, 1.54) is 18.5 Å². The molecule has 0 saturated carbocycles. The van der Waals surface area contributed by atoms with Crippen LogP contribution in [0.5, 0.6) is 0 Å². The summed E-state index contributed by atoms with van der Waals surface area (Å²) in [7, 11) is 1.50. The Morgan fingerprint density at radius 3 is 2.13 bits per heavy atom. The van der Waals surface area contributed by atoms with Crippen LogP contribution < -0.4 is 0 Å². The molecule has 1 N–H and O–H groups in total. The van der Waals surface area contributed by atoms with Crippen LogP contribution >= 0.6 is 10.7 Å². The molecular formula is C7H7ClN4O2S. The maximum atomic E-state index is 10.6. The summed E-state index contributed by atoms with van der Waals surface area (Å²) in [5.74, 6) is 0. The average Bonchev–Trinajstić information content (AvgIpc) is 2.76. The largest absolute Gasteiger partial charge is 0.261 e. The van der Waals surface area contributed by atoms with Crippen LogP contribution in [0.1, 0.15) is 0 Å². The SMILES string of the molecule is O=S(=O)(Cl)c1ccccc1.c1nn[nH]n1. The van der Waals surface area contributed by atoms with Crippen molar-refractivity contribution in [3.8, 4) is 0 Å². The molecule has 8 heteroatoms. The number of hydrogen-bond acceptors (Lipinski definition) is 5. The van der Waals surface area contributed by atoms with Gasteiger partial charge in [0.15, 0.2) is 6.33 Å². The summed E-state index contributed by atoms with van der Waals surface area (Å²) in [6.07, 6.45) is 1.33. The molecule has 0 amide bonds. The molecule has 15 heavy (non-hydrogen) atoms. The molecule has 1 aromatic heterocycles. The van der Waals surface area contributed by atoms with Crippen LogP contribution in [-0.4, -0.2) is 29.0 Å². The minimum absolute atomic E-state index is 0.136. The van der Waals surface area contributed by atoms with E-state index in [0.29, 0.717) is 0 Å². The van der Waals surface area contributed by atoms with Gasteiger partial charge in [-0.25, -0.2) is 8.42 Å². The maximum absolute atomic E-state index is 10.6. The minimum Gasteiger partial charge on any atom is -0.207 e. The number of hydrogen-bond donors (Lipinski definition) is 1. The number of aromatic amines is 1. The molecule has 80 valence electrons. The van der Waals surface area contributed by atoms with E-state index in [9.17, 15) is 8.42 Å². The lowest BCUT2D eigenvalue weighted by Gasteiger charge is -1.91. The summed E-state index contributed by atoms with van der Waals surface area (Å²) in [4.78, 5) is 0.136. The van der Waals surface area contributed by atoms with Gasteiger partial charge in [0, 0.05) is 10.7 Å². The second-order valence-corrected chi connectivity index (χ2v) is 4.88. The molecule has 2 rings (SSSR count). The van der Waals surface area contributed by atoms with Gasteiger partial charge in [-0.15, -0.1) is 10.2 Å². The third-order valence-corrected chi connectivity index (χ3v) is 2.66. The Balaban J connectivity index is 0.000000187. The third kappa shape index (κ3) is 4.52. The quantitative estimate of drug-likeness (QED) is 0.753. The lowest BCUT2D eigenvalue weighted by atomic mass is 10.4. The number of benzene rings is 1. The highest BCUT2D eigenvalue weighted by Crippen LogP contribution is 2.12. The fraction of sp³-hybridized carbons (Fsp3) is 0. The molecule has 0 saturated heterocycles. The lowest BCUT2D eigenvalue weighted by molar-refractivity contribution is 0.609. The van der Waals surface area contributed by atoms with Gasteiger partial charge in [0.1, 0.15) is 0 Å². The molecule has 0 unspecified atom stereocenters. The van der Waals surface area contributed by atoms with Crippen LogP contribution in [0.2, 0.25) is 0 Å². The van der Waals surface area contributed by atoms with Crippen molar-refractivity contribution >= 4 is 19.7 Å². The van der Waals surface area contributed by atoms with Gasteiger partial charge in [0.05, 0.1) is 4.90 Å². The van der Waals surface area contributed by atoms with Crippen molar-refractivity contribution in [3.05, 3.63) is 36.7 Å². The normalized spacial score (nSPS) is 10.2. The molecule has 0 fully saturated rings. The first-order valence-corrected chi connectivity index (χ1v) is 6.08. The third-order valence-electron chi connectivity index (χ3n) is 1.29. The van der Waals surface area contributed by atoms with Gasteiger partial charge >= 0.3 is 0 Å². The van der Waals surface area contributed by atoms with E-state index in [1.807, 2.05) is 0 Å². The van der Waals surface area contributed by atoms with Crippen molar-refractivity contribution in [2.75, 3.05) is 0 Å². The number of nitrogens with one attached hydrogen (secondary N) is 1. The van der Waals surface area contributed by atoms with Gasteiger partial charge < -0.3 is 0 Å². The van der Waals surface area contributed by atoms with E-state index in [-0.39, 0.29) is 4.90 Å². The molecule has 0 aliphatic rings. The Morgan fingerprint density at radius 2 is 1.87 bits per heavy atom. The zero-order valence-electron chi connectivity index (χ0n) is 7.41. The van der Waals surface area contributed by atoms with Crippen molar-refractivity contribution < 1.29 is 8.42 Å². The summed E-state index contributed by atoms with van der Waals surface area (Å²) in [5, 5.41) is 12.2. The number of halogens is 1. The predicted octanol–water partition coefficient (Wildman–Crippen LogP) is 0.814. The molecule has 0 bridgehead atoms. The second kappa shape index (κ2) is 5.42. The average molecular weight is 247 g/mol. The van der Waals surface area contributed by atoms with Crippen molar-refractivity contribution in [3.63, 3.8) is 0 Å². The van der Waals surface area contributed by atoms with Gasteiger partial charge in [-0.1, -0.05) is 23.4 Å². The zero-order valence-corrected chi connectivity index (χ0v) is 8.98. The fourth-order valence-electron chi connectivity index (χ4n) is 0.712. The standard InChI is InChI=1S/C6H5ClO2S.CH2N4/c7-10(8,9)6-4-2-1-3-5-6;1-2-4-5-3-1/h1-5H;1H,(H,2,3,4,5). The van der Waals surface area contributed by atoms with Crippen molar-refractivity contribution in [2.24, 2.45) is 0 Å². The topological polar surface area (TPSA) is 88.6 Å². The first-order chi connectivity index (χ1) is 7.11. The van der Waals surface area contributed by atoms with Crippen molar-refractivity contribution in [1.82, 2.24) is 20.6 Å². The summed E-state index contributed by atoms with van der Waals surface area (Å²) >= 11 is 0. The number of rotatable bonds is 1. The van der Waals surface area contributed by atoms with Gasteiger partial charge in [-0.05, 0) is 12.1 Å². The van der Waals surface area contributed by atoms with Crippen molar-refractivity contribution in [1.29, 1.82) is 0 Å². The first-order valence-electron chi connectivity index (χ1n) is 3.77. The van der Waals surface area contributed by atoms with Gasteiger partial charge in [0.2, 0.25) is 0 Å². The van der Waals surface area contributed by atoms with Crippen LogP contribution in [-0.2, 0) is 9.05 Å². The molecule has 6 nitrogen and oxygen atoms in total. The number of aromatic nitrogens is 4. The van der Waals surface area contributed by atoms with Crippen molar-refractivity contribution in [2.45, 2.75) is 4.90 Å². The van der Waals surface area contributed by atoms with Crippen LogP contribution in [0, 0.1) is 0 Å². The van der Waals surface area contributed by atoms with E-state index in [2.05, 4.69) is 20.6 Å². The van der Waals surface area contributed by atoms with E-state index in [0.717, 1.165) is 0 Å². The van der Waals surface area contributed by atoms with Crippen LogP contribution in [0.15, 0.2) is 41.6 Å². The van der Waals surface area contributed by atoms with Crippen LogP contribution in [0.3, 0.4) is 0 Å². The number of nitrogens with zero attached hydrogens (tertiary/aromatic N) is 3. The monoisotopic (exact) mass is 246 g/mol. The molecule has 0 aliphatic carbocycles. The molecular weight excluding hydrogens is 240 g/mol. The molecule has 0 spiro atoms. The Hall–Kier alpha value is -1.47. The second-order valence-electron chi connectivity index (χ2n) is 2.31. The number of H-pyrrole nitrogens is 1. The Labute approximate surface area is 90.7 Å². The summed E-state index contributed by atoms with van der Waals surface area (Å²) in [6, 6.07) is 7.86. The van der Waals surface area contributed by atoms with E-state index < -0.39 is 9.05 Å². The zero-order chi connectivity index (χ0) is 11.1. The van der Waals surface area contributed by atoms with Crippen LogP contribution in [0.25, 0.3) is 0 Å². The molecule has 1 aromatic carbocycles. The molecule has 0 atom stereocenters. The summed E-state index contributed by atoms with van der Waals surface area (Å²) in [6.45, 7) is 0. The number of tetrazole rings is 1. The molecule has 1 heterocycles. The van der Waals surface area contributed by atoms with Crippen LogP contribution in [0.4, 0.5) is 0 Å². The Kier molecular flexibility index (Phi) is 4.19. The molecule has 2 aromatic rings. The summed E-state index contributed by atoms with van der Waals surface area (Å²) in [5.41, 5.74) is 0. The van der Waals surface area contributed by atoms with Gasteiger partial charge in [-0.2, -0.15) is 5.21 Å². The minimum atomic E-state index is -3.53. The summed E-state index contributed by atoms with van der Waals surface area (Å²) < 4.78 is 21.2. The first kappa shape index (κ1) is 11.6. The Bertz CT molecular complexity index is 454. The fourth-order valence-corrected chi connectivity index (χ4v) is 1.50. The molecule has 0 radical (unpaired) electrons. The van der Waals surface area contributed by atoms with E-state index in [4.69, 9.17) is 10.7 Å².